The van der Waals surface area contributed by atoms with Gasteiger partial charge in [-0.25, -0.2) is 0 Å². The van der Waals surface area contributed by atoms with Crippen LogP contribution >= 0.6 is 11.8 Å². The molecule has 0 aromatic rings. The number of hydrogen-bond acceptors (Lipinski definition) is 8. The fourth-order valence-electron chi connectivity index (χ4n) is 4.13. The van der Waals surface area contributed by atoms with E-state index in [-0.39, 0.29) is 11.9 Å². The number of hydrogen-bond donors (Lipinski definition) is 5. The van der Waals surface area contributed by atoms with Gasteiger partial charge in [-0.3, -0.25) is 9.69 Å². The molecular weight excluding hydrogens is 372 g/mol. The number of thioether (sulfide) groups is 1. The number of aliphatic hydroxyl groups excluding tert-OH is 4. The van der Waals surface area contributed by atoms with Crippen LogP contribution in [0.15, 0.2) is 0 Å². The smallest absolute Gasteiger partial charge is 0.237 e. The summed E-state index contributed by atoms with van der Waals surface area (Å²) < 4.78 is 5.72. The number of nitrogens with one attached hydrogen (secondary N) is 1. The van der Waals surface area contributed by atoms with Crippen molar-refractivity contribution in [3.63, 3.8) is 0 Å². The molecule has 2 fully saturated rings. The third-order valence-corrected chi connectivity index (χ3v) is 6.51. The standard InChI is InChI=1S/C18H34N2O6S/c1-5-6-10-7-11(20(3)8-10)17(25)19-12(9(2)21)16-14(23)13(22)15(24)18(26-16)27-4/h9-16,18,21-24H,5-8H2,1-4H3,(H,19,25)/t9?,10-,11+,12?,13+,14-,15+,16?,18?/m1/s1. The van der Waals surface area contributed by atoms with Crippen molar-refractivity contribution in [3.05, 3.63) is 0 Å². The number of aliphatic hydroxyl groups is 4. The van der Waals surface area contributed by atoms with Crippen LogP contribution in [0, 0.1) is 5.92 Å². The monoisotopic (exact) mass is 406 g/mol. The van der Waals surface area contributed by atoms with Gasteiger partial charge < -0.3 is 30.5 Å². The normalized spacial score (nSPS) is 39.9. The fourth-order valence-corrected chi connectivity index (χ4v) is 4.81. The molecule has 1 amide bonds. The van der Waals surface area contributed by atoms with Gasteiger partial charge in [-0.15, -0.1) is 11.8 Å². The minimum atomic E-state index is -1.42. The van der Waals surface area contributed by atoms with Crippen LogP contribution in [0.1, 0.15) is 33.1 Å². The van der Waals surface area contributed by atoms with Crippen LogP contribution in [-0.4, -0.2) is 99.1 Å². The van der Waals surface area contributed by atoms with Gasteiger partial charge in [0.05, 0.1) is 18.2 Å². The van der Waals surface area contributed by atoms with Crippen molar-refractivity contribution in [3.8, 4) is 0 Å². The second kappa shape index (κ2) is 9.87. The van der Waals surface area contributed by atoms with Gasteiger partial charge in [0, 0.05) is 6.54 Å². The van der Waals surface area contributed by atoms with E-state index in [1.807, 2.05) is 11.9 Å². The van der Waals surface area contributed by atoms with E-state index in [1.165, 1.54) is 18.7 Å². The van der Waals surface area contributed by atoms with Crippen molar-refractivity contribution in [2.75, 3.05) is 19.8 Å². The molecule has 9 atom stereocenters. The predicted octanol–water partition coefficient (Wildman–Crippen LogP) is -0.857. The Morgan fingerprint density at radius 2 is 1.96 bits per heavy atom. The van der Waals surface area contributed by atoms with Crippen LogP contribution in [0.25, 0.3) is 0 Å². The van der Waals surface area contributed by atoms with Gasteiger partial charge in [0.2, 0.25) is 5.91 Å². The summed E-state index contributed by atoms with van der Waals surface area (Å²) in [6.07, 6.45) is -1.50. The molecule has 9 heteroatoms. The molecule has 4 unspecified atom stereocenters. The molecule has 0 saturated carbocycles. The van der Waals surface area contributed by atoms with E-state index in [0.29, 0.717) is 5.92 Å². The first-order valence-electron chi connectivity index (χ1n) is 9.62. The van der Waals surface area contributed by atoms with Gasteiger partial charge >= 0.3 is 0 Å². The Balaban J connectivity index is 2.09. The van der Waals surface area contributed by atoms with E-state index in [1.54, 1.807) is 6.26 Å². The summed E-state index contributed by atoms with van der Waals surface area (Å²) in [5.74, 6) is 0.245. The van der Waals surface area contributed by atoms with Crippen LogP contribution in [-0.2, 0) is 9.53 Å². The maximum absolute atomic E-state index is 12.8. The molecule has 0 aromatic heterocycles. The quantitative estimate of drug-likeness (QED) is 0.370. The Labute approximate surface area is 165 Å². The van der Waals surface area contributed by atoms with Crippen LogP contribution in [0.5, 0.6) is 0 Å². The minimum absolute atomic E-state index is 0.223. The molecule has 0 aromatic carbocycles. The second-order valence-corrected chi connectivity index (χ2v) is 8.73. The van der Waals surface area contributed by atoms with E-state index < -0.39 is 42.0 Å². The molecule has 27 heavy (non-hydrogen) atoms. The third-order valence-electron chi connectivity index (χ3n) is 5.66. The Bertz CT molecular complexity index is 494. The maximum atomic E-state index is 12.8. The molecule has 2 aliphatic heterocycles. The van der Waals surface area contributed by atoms with Crippen LogP contribution < -0.4 is 5.32 Å². The summed E-state index contributed by atoms with van der Waals surface area (Å²) in [5.41, 5.74) is -0.755. The van der Waals surface area contributed by atoms with Crippen LogP contribution in [0.2, 0.25) is 0 Å². The number of rotatable bonds is 7. The molecule has 2 saturated heterocycles. The third kappa shape index (κ3) is 5.14. The van der Waals surface area contributed by atoms with Gasteiger partial charge in [0.15, 0.2) is 0 Å². The van der Waals surface area contributed by atoms with Crippen molar-refractivity contribution in [2.45, 2.75) is 81.1 Å². The zero-order valence-electron chi connectivity index (χ0n) is 16.5. The fraction of sp³-hybridized carbons (Fsp3) is 0.944. The van der Waals surface area contributed by atoms with Gasteiger partial charge in [-0.05, 0) is 39.0 Å². The number of carbonyl (C=O) groups is 1. The van der Waals surface area contributed by atoms with Crippen molar-refractivity contribution in [2.24, 2.45) is 5.92 Å². The molecule has 0 radical (unpaired) electrons. The maximum Gasteiger partial charge on any atom is 0.237 e. The number of carbonyl (C=O) groups excluding carboxylic acids is 1. The number of amides is 1. The first-order chi connectivity index (χ1) is 12.7. The van der Waals surface area contributed by atoms with E-state index in [2.05, 4.69) is 12.2 Å². The highest BCUT2D eigenvalue weighted by Gasteiger charge is 2.48. The predicted molar refractivity (Wildman–Crippen MR) is 103 cm³/mol. The number of ether oxygens (including phenoxy) is 1. The lowest BCUT2D eigenvalue weighted by atomic mass is 9.92. The number of likely N-dealkylation sites (N-methyl/N-ethyl adjacent to an activating group) is 1. The Hall–Kier alpha value is -0.420. The van der Waals surface area contributed by atoms with Crippen LogP contribution in [0.4, 0.5) is 0 Å². The van der Waals surface area contributed by atoms with E-state index in [0.717, 1.165) is 25.8 Å². The summed E-state index contributed by atoms with van der Waals surface area (Å²) in [7, 11) is 1.91. The van der Waals surface area contributed by atoms with Gasteiger partial charge in [0.1, 0.15) is 29.9 Å². The Kier molecular flexibility index (Phi) is 8.35. The van der Waals surface area contributed by atoms with Crippen molar-refractivity contribution < 1.29 is 30.0 Å². The van der Waals surface area contributed by atoms with E-state index >= 15 is 0 Å². The summed E-state index contributed by atoms with van der Waals surface area (Å²) in [6.45, 7) is 4.48. The highest BCUT2D eigenvalue weighted by Crippen LogP contribution is 2.30. The largest absolute Gasteiger partial charge is 0.391 e. The topological polar surface area (TPSA) is 122 Å². The molecule has 0 spiro atoms. The lowest BCUT2D eigenvalue weighted by Gasteiger charge is -2.44. The molecule has 0 bridgehead atoms. The lowest BCUT2D eigenvalue weighted by molar-refractivity contribution is -0.211. The number of nitrogens with zero attached hydrogens (tertiary/aromatic N) is 1. The molecule has 5 N–H and O–H groups in total. The van der Waals surface area contributed by atoms with Gasteiger partial charge in [-0.2, -0.15) is 0 Å². The van der Waals surface area contributed by atoms with Crippen molar-refractivity contribution in [1.82, 2.24) is 10.2 Å². The average molecular weight is 407 g/mol. The summed E-state index contributed by atoms with van der Waals surface area (Å²) >= 11 is 1.20. The zero-order chi connectivity index (χ0) is 20.3. The lowest BCUT2D eigenvalue weighted by Crippen LogP contribution is -2.65. The highest BCUT2D eigenvalue weighted by atomic mass is 32.2. The first kappa shape index (κ1) is 22.9. The summed E-state index contributed by atoms with van der Waals surface area (Å²) in [4.78, 5) is 14.9. The van der Waals surface area contributed by atoms with Crippen LogP contribution in [0.3, 0.4) is 0 Å². The minimum Gasteiger partial charge on any atom is -0.391 e. The first-order valence-corrected chi connectivity index (χ1v) is 10.9. The zero-order valence-corrected chi connectivity index (χ0v) is 17.3. The highest BCUT2D eigenvalue weighted by molar-refractivity contribution is 7.99. The molecule has 2 heterocycles. The SMILES string of the molecule is CCC[C@@H]1C[C@@H](C(=O)NC(C(C)O)C2OC(SC)[C@@H](O)[C@@H](O)[C@H]2O)N(C)C1. The van der Waals surface area contributed by atoms with Gasteiger partial charge in [-0.1, -0.05) is 13.3 Å². The molecule has 158 valence electrons. The molecule has 0 aliphatic carbocycles. The Morgan fingerprint density at radius 3 is 2.52 bits per heavy atom. The van der Waals surface area contributed by atoms with Crippen molar-refractivity contribution >= 4 is 17.7 Å². The Morgan fingerprint density at radius 1 is 1.30 bits per heavy atom. The molecule has 2 rings (SSSR count). The van der Waals surface area contributed by atoms with Gasteiger partial charge in [0.25, 0.3) is 0 Å². The average Bonchev–Trinajstić information content (AvgIpc) is 2.99. The second-order valence-electron chi connectivity index (χ2n) is 7.80. The molecule has 2 aliphatic rings. The number of likely N-dealkylation sites (tertiary alicyclic amines) is 1. The summed E-state index contributed by atoms with van der Waals surface area (Å²) in [6, 6.07) is -1.20. The van der Waals surface area contributed by atoms with E-state index in [9.17, 15) is 25.2 Å². The molecular formula is C18H34N2O6S. The summed E-state index contributed by atoms with van der Waals surface area (Å²) in [5, 5.41) is 43.5. The molecule has 8 nitrogen and oxygen atoms in total. The van der Waals surface area contributed by atoms with Crippen molar-refractivity contribution in [1.29, 1.82) is 0 Å². The van der Waals surface area contributed by atoms with E-state index in [4.69, 9.17) is 4.74 Å².